The molecule has 37 heavy (non-hydrogen) atoms. The first-order chi connectivity index (χ1) is 17.9. The second-order valence-corrected chi connectivity index (χ2v) is 8.46. The van der Waals surface area contributed by atoms with Gasteiger partial charge in [0.05, 0.1) is 35.7 Å². The maximum absolute atomic E-state index is 13.2. The predicted octanol–water partition coefficient (Wildman–Crippen LogP) is 4.37. The molecule has 3 aromatic rings. The Bertz CT molecular complexity index is 1330. The molecule has 0 unspecified atom stereocenters. The quantitative estimate of drug-likeness (QED) is 0.299. The van der Waals surface area contributed by atoms with E-state index in [0.717, 1.165) is 23.5 Å². The summed E-state index contributed by atoms with van der Waals surface area (Å²) in [6.45, 7) is 4.96. The normalized spacial score (nSPS) is 13.4. The van der Waals surface area contributed by atoms with Crippen molar-refractivity contribution >= 4 is 46.1 Å². The average molecular weight is 499 g/mol. The van der Waals surface area contributed by atoms with Gasteiger partial charge in [0.15, 0.2) is 0 Å². The van der Waals surface area contributed by atoms with Crippen molar-refractivity contribution < 1.29 is 19.1 Å². The zero-order chi connectivity index (χ0) is 26.4. The molecule has 1 aliphatic rings. The van der Waals surface area contributed by atoms with Crippen LogP contribution >= 0.6 is 0 Å². The third-order valence-corrected chi connectivity index (χ3v) is 6.01. The van der Waals surface area contributed by atoms with E-state index in [2.05, 4.69) is 16.0 Å². The Labute approximate surface area is 216 Å². The molecule has 0 bridgehead atoms. The van der Waals surface area contributed by atoms with Crippen LogP contribution in [0.2, 0.25) is 0 Å². The number of likely N-dealkylation sites (N-methyl/N-ethyl adjacent to an activating group) is 2. The Morgan fingerprint density at radius 3 is 2.35 bits per heavy atom. The average Bonchev–Trinajstić information content (AvgIpc) is 3.25. The minimum atomic E-state index is -0.438. The molecule has 3 N–H and O–H groups in total. The highest BCUT2D eigenvalue weighted by Gasteiger charge is 2.29. The van der Waals surface area contributed by atoms with Crippen molar-refractivity contribution in [1.29, 1.82) is 0 Å². The van der Waals surface area contributed by atoms with Gasteiger partial charge in [0.1, 0.15) is 0 Å². The van der Waals surface area contributed by atoms with Crippen molar-refractivity contribution in [1.82, 2.24) is 5.32 Å². The van der Waals surface area contributed by atoms with Crippen LogP contribution in [0.1, 0.15) is 35.3 Å². The van der Waals surface area contributed by atoms with Crippen LogP contribution in [0.4, 0.5) is 17.1 Å². The number of anilines is 3. The zero-order valence-corrected chi connectivity index (χ0v) is 21.1. The highest BCUT2D eigenvalue weighted by atomic mass is 16.5. The van der Waals surface area contributed by atoms with E-state index in [4.69, 9.17) is 4.74 Å². The van der Waals surface area contributed by atoms with E-state index in [1.165, 1.54) is 0 Å². The van der Waals surface area contributed by atoms with Crippen LogP contribution in [0.5, 0.6) is 0 Å². The first-order valence-corrected chi connectivity index (χ1v) is 12.2. The fourth-order valence-electron chi connectivity index (χ4n) is 4.05. The SMILES string of the molecule is CCNCC(=O)N(C)c1ccc(N/C(=C2/C(=O)Nc3cc(C(=O)OCC)ccc32)c2ccccc2)cc1. The van der Waals surface area contributed by atoms with Gasteiger partial charge in [0.2, 0.25) is 5.91 Å². The molecule has 0 radical (unpaired) electrons. The number of rotatable bonds is 9. The van der Waals surface area contributed by atoms with E-state index < -0.39 is 5.97 Å². The smallest absolute Gasteiger partial charge is 0.338 e. The van der Waals surface area contributed by atoms with E-state index in [1.54, 1.807) is 37.1 Å². The molecular formula is C29H30N4O4. The van der Waals surface area contributed by atoms with Crippen LogP contribution < -0.4 is 20.9 Å². The zero-order valence-electron chi connectivity index (χ0n) is 21.1. The van der Waals surface area contributed by atoms with Gasteiger partial charge in [-0.05, 0) is 55.4 Å². The number of amides is 2. The molecule has 3 aromatic carbocycles. The van der Waals surface area contributed by atoms with Gasteiger partial charge in [0, 0.05) is 24.0 Å². The standard InChI is InChI=1S/C29H30N4O4/c1-4-30-18-25(34)33(3)22-14-12-21(13-15-22)31-27(19-9-7-6-8-10-19)26-23-16-11-20(29(36)37-5-2)17-24(23)32-28(26)35/h6-17,30-31H,4-5,18H2,1-3H3,(H,32,35)/b27-26+. The minimum absolute atomic E-state index is 0.0314. The van der Waals surface area contributed by atoms with Crippen LogP contribution in [0.25, 0.3) is 11.3 Å². The van der Waals surface area contributed by atoms with Crippen LogP contribution in [0.15, 0.2) is 72.8 Å². The summed E-state index contributed by atoms with van der Waals surface area (Å²) in [4.78, 5) is 39.3. The van der Waals surface area contributed by atoms with Crippen LogP contribution in [-0.4, -0.2) is 44.5 Å². The topological polar surface area (TPSA) is 99.8 Å². The molecule has 0 atom stereocenters. The van der Waals surface area contributed by atoms with Gasteiger partial charge >= 0.3 is 5.97 Å². The molecular weight excluding hydrogens is 468 g/mol. The summed E-state index contributed by atoms with van der Waals surface area (Å²) in [6.07, 6.45) is 0. The number of fused-ring (bicyclic) bond motifs is 1. The van der Waals surface area contributed by atoms with Gasteiger partial charge in [-0.3, -0.25) is 9.59 Å². The van der Waals surface area contributed by atoms with Gasteiger partial charge in [-0.15, -0.1) is 0 Å². The fraction of sp³-hybridized carbons (Fsp3) is 0.207. The molecule has 1 aliphatic heterocycles. The molecule has 8 nitrogen and oxygen atoms in total. The highest BCUT2D eigenvalue weighted by Crippen LogP contribution is 2.38. The monoisotopic (exact) mass is 498 g/mol. The van der Waals surface area contributed by atoms with E-state index in [0.29, 0.717) is 28.1 Å². The summed E-state index contributed by atoms with van der Waals surface area (Å²) in [5.41, 5.74) is 5.07. The molecule has 1 heterocycles. The van der Waals surface area contributed by atoms with Gasteiger partial charge in [0.25, 0.3) is 5.91 Å². The number of hydrogen-bond donors (Lipinski definition) is 3. The van der Waals surface area contributed by atoms with E-state index >= 15 is 0 Å². The Morgan fingerprint density at radius 2 is 1.68 bits per heavy atom. The van der Waals surface area contributed by atoms with Crippen molar-refractivity contribution in [3.05, 3.63) is 89.5 Å². The number of nitrogens with one attached hydrogen (secondary N) is 3. The second-order valence-electron chi connectivity index (χ2n) is 8.46. The number of hydrogen-bond acceptors (Lipinski definition) is 6. The van der Waals surface area contributed by atoms with Crippen molar-refractivity contribution in [3.63, 3.8) is 0 Å². The molecule has 190 valence electrons. The number of nitrogens with zero attached hydrogens (tertiary/aromatic N) is 1. The van der Waals surface area contributed by atoms with Crippen molar-refractivity contribution in [3.8, 4) is 0 Å². The van der Waals surface area contributed by atoms with Crippen molar-refractivity contribution in [2.24, 2.45) is 0 Å². The van der Waals surface area contributed by atoms with Crippen molar-refractivity contribution in [2.75, 3.05) is 42.3 Å². The summed E-state index contributed by atoms with van der Waals surface area (Å²) in [7, 11) is 1.74. The summed E-state index contributed by atoms with van der Waals surface area (Å²) in [6, 6.07) is 22.1. The van der Waals surface area contributed by atoms with Crippen molar-refractivity contribution in [2.45, 2.75) is 13.8 Å². The maximum Gasteiger partial charge on any atom is 0.338 e. The number of carbonyl (C=O) groups is 3. The van der Waals surface area contributed by atoms with Crippen LogP contribution in [-0.2, 0) is 14.3 Å². The molecule has 0 fully saturated rings. The Hall–Kier alpha value is -4.43. The number of carbonyl (C=O) groups excluding carboxylic acids is 3. The largest absolute Gasteiger partial charge is 0.462 e. The van der Waals surface area contributed by atoms with E-state index in [1.807, 2.05) is 61.5 Å². The van der Waals surface area contributed by atoms with Gasteiger partial charge < -0.3 is 25.6 Å². The van der Waals surface area contributed by atoms with Crippen LogP contribution in [0, 0.1) is 0 Å². The highest BCUT2D eigenvalue weighted by molar-refractivity contribution is 6.37. The van der Waals surface area contributed by atoms with E-state index in [9.17, 15) is 14.4 Å². The lowest BCUT2D eigenvalue weighted by Crippen LogP contribution is -2.35. The Morgan fingerprint density at radius 1 is 0.946 bits per heavy atom. The lowest BCUT2D eigenvalue weighted by molar-refractivity contribution is -0.117. The molecule has 0 aliphatic carbocycles. The minimum Gasteiger partial charge on any atom is -0.462 e. The summed E-state index contributed by atoms with van der Waals surface area (Å²) in [5.74, 6) is -0.740. The molecule has 0 spiro atoms. The van der Waals surface area contributed by atoms with E-state index in [-0.39, 0.29) is 25.0 Å². The first-order valence-electron chi connectivity index (χ1n) is 12.2. The predicted molar refractivity (Wildman–Crippen MR) is 146 cm³/mol. The summed E-state index contributed by atoms with van der Waals surface area (Å²) < 4.78 is 5.09. The third kappa shape index (κ3) is 5.70. The lowest BCUT2D eigenvalue weighted by Gasteiger charge is -2.19. The Balaban J connectivity index is 1.69. The van der Waals surface area contributed by atoms with Crippen LogP contribution in [0.3, 0.4) is 0 Å². The number of esters is 1. The maximum atomic E-state index is 13.2. The molecule has 0 saturated heterocycles. The number of ether oxygens (including phenoxy) is 1. The molecule has 4 rings (SSSR count). The molecule has 8 heteroatoms. The molecule has 2 amide bonds. The van der Waals surface area contributed by atoms with Gasteiger partial charge in [-0.25, -0.2) is 4.79 Å². The van der Waals surface area contributed by atoms with Gasteiger partial charge in [-0.1, -0.05) is 43.3 Å². The number of benzene rings is 3. The third-order valence-electron chi connectivity index (χ3n) is 6.01. The summed E-state index contributed by atoms with van der Waals surface area (Å²) >= 11 is 0. The Kier molecular flexibility index (Phi) is 8.00. The fourth-order valence-corrected chi connectivity index (χ4v) is 4.05. The molecule has 0 saturated carbocycles. The lowest BCUT2D eigenvalue weighted by atomic mass is 9.99. The second kappa shape index (κ2) is 11.5. The van der Waals surface area contributed by atoms with Gasteiger partial charge in [-0.2, -0.15) is 0 Å². The molecule has 0 aromatic heterocycles. The summed E-state index contributed by atoms with van der Waals surface area (Å²) in [5, 5.41) is 9.33. The first kappa shape index (κ1) is 25.7.